The molecule has 19 heavy (non-hydrogen) atoms. The van der Waals surface area contributed by atoms with Crippen molar-refractivity contribution < 1.29 is 9.47 Å². The van der Waals surface area contributed by atoms with Crippen molar-refractivity contribution in [1.82, 2.24) is 4.98 Å². The zero-order valence-corrected chi connectivity index (χ0v) is 12.0. The summed E-state index contributed by atoms with van der Waals surface area (Å²) in [4.78, 5) is 4.56. The van der Waals surface area contributed by atoms with Gasteiger partial charge in [0.1, 0.15) is 5.75 Å². The number of aromatic nitrogens is 1. The Labute approximate surface area is 117 Å². The first-order chi connectivity index (χ1) is 9.33. The quantitative estimate of drug-likeness (QED) is 0.789. The molecule has 1 N–H and O–H groups in total. The lowest BCUT2D eigenvalue weighted by atomic mass is 10.2. The van der Waals surface area contributed by atoms with Gasteiger partial charge in [0.15, 0.2) is 5.13 Å². The first-order valence-electron chi connectivity index (χ1n) is 6.16. The Morgan fingerprint density at radius 1 is 1.21 bits per heavy atom. The highest BCUT2D eigenvalue weighted by Crippen LogP contribution is 2.26. The molecule has 5 heteroatoms. The molecule has 0 saturated heterocycles. The number of anilines is 1. The Morgan fingerprint density at radius 2 is 2.00 bits per heavy atom. The zero-order chi connectivity index (χ0) is 13.5. The molecule has 0 saturated carbocycles. The molecule has 2 rings (SSSR count). The highest BCUT2D eigenvalue weighted by Gasteiger charge is 2.04. The van der Waals surface area contributed by atoms with Gasteiger partial charge in [0.2, 0.25) is 0 Å². The number of hydrogen-bond acceptors (Lipinski definition) is 5. The molecule has 1 aromatic heterocycles. The van der Waals surface area contributed by atoms with Crippen molar-refractivity contribution in [3.05, 3.63) is 29.6 Å². The van der Waals surface area contributed by atoms with Crippen LogP contribution in [0.3, 0.4) is 0 Å². The second-order valence-electron chi connectivity index (χ2n) is 4.04. The van der Waals surface area contributed by atoms with Gasteiger partial charge in [0.05, 0.1) is 12.8 Å². The van der Waals surface area contributed by atoms with Crippen molar-refractivity contribution in [2.24, 2.45) is 0 Å². The van der Waals surface area contributed by atoms with Gasteiger partial charge in [-0.05, 0) is 30.7 Å². The predicted octanol–water partition coefficient (Wildman–Crippen LogP) is 3.27. The van der Waals surface area contributed by atoms with Crippen LogP contribution in [-0.4, -0.2) is 32.4 Å². The van der Waals surface area contributed by atoms with Crippen molar-refractivity contribution in [1.29, 1.82) is 0 Å². The first-order valence-corrected chi connectivity index (χ1v) is 7.04. The van der Waals surface area contributed by atoms with Gasteiger partial charge in [-0.2, -0.15) is 0 Å². The minimum absolute atomic E-state index is 0.768. The Hall–Kier alpha value is -1.59. The molecule has 0 aliphatic heterocycles. The van der Waals surface area contributed by atoms with Crippen LogP contribution in [-0.2, 0) is 4.74 Å². The molecule has 0 spiro atoms. The molecule has 0 fully saturated rings. The molecule has 1 aromatic carbocycles. The molecule has 0 atom stereocenters. The fraction of sp³-hybridized carbons (Fsp3) is 0.357. The third-order valence-electron chi connectivity index (χ3n) is 2.69. The van der Waals surface area contributed by atoms with Gasteiger partial charge in [0, 0.05) is 31.2 Å². The number of methoxy groups -OCH3 is 2. The van der Waals surface area contributed by atoms with E-state index in [0.29, 0.717) is 0 Å². The van der Waals surface area contributed by atoms with Gasteiger partial charge in [-0.25, -0.2) is 4.98 Å². The third kappa shape index (κ3) is 3.94. The molecule has 0 bridgehead atoms. The number of ether oxygens (including phenoxy) is 2. The van der Waals surface area contributed by atoms with Gasteiger partial charge in [-0.15, -0.1) is 11.3 Å². The number of rotatable bonds is 7. The van der Waals surface area contributed by atoms with E-state index in [0.717, 1.165) is 41.7 Å². The minimum atomic E-state index is 0.768. The average Bonchev–Trinajstić information content (AvgIpc) is 2.92. The van der Waals surface area contributed by atoms with Crippen LogP contribution in [0.5, 0.6) is 5.75 Å². The van der Waals surface area contributed by atoms with Crippen LogP contribution in [0.2, 0.25) is 0 Å². The number of nitrogens with one attached hydrogen (secondary N) is 1. The Kier molecular flexibility index (Phi) is 5.18. The molecule has 4 nitrogen and oxygen atoms in total. The Morgan fingerprint density at radius 3 is 2.68 bits per heavy atom. The lowest BCUT2D eigenvalue weighted by Gasteiger charge is -2.02. The van der Waals surface area contributed by atoms with Crippen molar-refractivity contribution in [3.8, 4) is 17.0 Å². The average molecular weight is 278 g/mol. The maximum Gasteiger partial charge on any atom is 0.183 e. The van der Waals surface area contributed by atoms with E-state index in [4.69, 9.17) is 9.47 Å². The van der Waals surface area contributed by atoms with Crippen molar-refractivity contribution in [3.63, 3.8) is 0 Å². The standard InChI is InChI=1S/C14H18N2O2S/c1-17-9-3-8-15-14-16-13(10-19-14)11-4-6-12(18-2)7-5-11/h4-7,10H,3,8-9H2,1-2H3,(H,15,16). The van der Waals surface area contributed by atoms with Crippen LogP contribution >= 0.6 is 11.3 Å². The summed E-state index contributed by atoms with van der Waals surface area (Å²) in [5.41, 5.74) is 2.09. The highest BCUT2D eigenvalue weighted by molar-refractivity contribution is 7.14. The summed E-state index contributed by atoms with van der Waals surface area (Å²) in [5, 5.41) is 6.30. The molecule has 0 unspecified atom stereocenters. The molecule has 0 aliphatic rings. The van der Waals surface area contributed by atoms with Gasteiger partial charge < -0.3 is 14.8 Å². The largest absolute Gasteiger partial charge is 0.497 e. The van der Waals surface area contributed by atoms with Gasteiger partial charge in [0.25, 0.3) is 0 Å². The summed E-state index contributed by atoms with van der Waals surface area (Å²) in [6.45, 7) is 1.65. The van der Waals surface area contributed by atoms with Crippen LogP contribution in [0.25, 0.3) is 11.3 Å². The van der Waals surface area contributed by atoms with E-state index in [1.807, 2.05) is 24.3 Å². The number of hydrogen-bond donors (Lipinski definition) is 1. The van der Waals surface area contributed by atoms with Crippen LogP contribution in [0.15, 0.2) is 29.6 Å². The summed E-state index contributed by atoms with van der Waals surface area (Å²) in [6, 6.07) is 7.92. The molecule has 0 amide bonds. The van der Waals surface area contributed by atoms with Crippen LogP contribution in [0.1, 0.15) is 6.42 Å². The van der Waals surface area contributed by atoms with Crippen molar-refractivity contribution >= 4 is 16.5 Å². The maximum absolute atomic E-state index is 5.14. The van der Waals surface area contributed by atoms with E-state index < -0.39 is 0 Å². The Balaban J connectivity index is 1.95. The molecule has 2 aromatic rings. The van der Waals surface area contributed by atoms with Crippen LogP contribution in [0.4, 0.5) is 5.13 Å². The zero-order valence-electron chi connectivity index (χ0n) is 11.2. The summed E-state index contributed by atoms with van der Waals surface area (Å²) >= 11 is 1.62. The summed E-state index contributed by atoms with van der Waals surface area (Å²) in [5.74, 6) is 0.858. The number of nitrogens with zero attached hydrogens (tertiary/aromatic N) is 1. The van der Waals surface area contributed by atoms with Gasteiger partial charge >= 0.3 is 0 Å². The van der Waals surface area contributed by atoms with E-state index >= 15 is 0 Å². The predicted molar refractivity (Wildman–Crippen MR) is 79.1 cm³/mol. The third-order valence-corrected chi connectivity index (χ3v) is 3.49. The van der Waals surface area contributed by atoms with Crippen LogP contribution < -0.4 is 10.1 Å². The fourth-order valence-corrected chi connectivity index (χ4v) is 2.41. The molecule has 0 aliphatic carbocycles. The monoisotopic (exact) mass is 278 g/mol. The van der Waals surface area contributed by atoms with Crippen molar-refractivity contribution in [2.75, 3.05) is 32.7 Å². The number of thiazole rings is 1. The molecule has 1 heterocycles. The first kappa shape index (κ1) is 13.8. The SMILES string of the molecule is COCCCNc1nc(-c2ccc(OC)cc2)cs1. The lowest BCUT2D eigenvalue weighted by molar-refractivity contribution is 0.198. The lowest BCUT2D eigenvalue weighted by Crippen LogP contribution is -2.04. The van der Waals surface area contributed by atoms with E-state index in [-0.39, 0.29) is 0 Å². The molecule has 0 radical (unpaired) electrons. The second kappa shape index (κ2) is 7.11. The van der Waals surface area contributed by atoms with Gasteiger partial charge in [-0.3, -0.25) is 0 Å². The molecule has 102 valence electrons. The molecular weight excluding hydrogens is 260 g/mol. The van der Waals surface area contributed by atoms with Crippen LogP contribution in [0, 0.1) is 0 Å². The summed E-state index contributed by atoms with van der Waals surface area (Å²) < 4.78 is 10.2. The van der Waals surface area contributed by atoms with E-state index in [2.05, 4.69) is 15.7 Å². The van der Waals surface area contributed by atoms with Gasteiger partial charge in [-0.1, -0.05) is 0 Å². The fourth-order valence-electron chi connectivity index (χ4n) is 1.66. The smallest absolute Gasteiger partial charge is 0.183 e. The molecular formula is C14H18N2O2S. The second-order valence-corrected chi connectivity index (χ2v) is 4.90. The maximum atomic E-state index is 5.14. The normalized spacial score (nSPS) is 10.4. The summed E-state index contributed by atoms with van der Waals surface area (Å²) in [7, 11) is 3.38. The number of benzene rings is 1. The minimum Gasteiger partial charge on any atom is -0.497 e. The van der Waals surface area contributed by atoms with E-state index in [1.54, 1.807) is 25.6 Å². The topological polar surface area (TPSA) is 43.4 Å². The Bertz CT molecular complexity index is 496. The summed E-state index contributed by atoms with van der Waals surface area (Å²) in [6.07, 6.45) is 0.980. The highest BCUT2D eigenvalue weighted by atomic mass is 32.1. The van der Waals surface area contributed by atoms with E-state index in [9.17, 15) is 0 Å². The van der Waals surface area contributed by atoms with E-state index in [1.165, 1.54) is 0 Å². The van der Waals surface area contributed by atoms with Crippen molar-refractivity contribution in [2.45, 2.75) is 6.42 Å².